The fourth-order valence-corrected chi connectivity index (χ4v) is 1.47. The summed E-state index contributed by atoms with van der Waals surface area (Å²) in [5, 5.41) is 14.3. The molecule has 0 bridgehead atoms. The molecule has 2 aromatic rings. The Bertz CT molecular complexity index is 568. The molecule has 0 saturated carbocycles. The number of anilines is 2. The van der Waals surface area contributed by atoms with Crippen LogP contribution in [0.1, 0.15) is 11.5 Å². The highest BCUT2D eigenvalue weighted by molar-refractivity contribution is 5.72. The van der Waals surface area contributed by atoms with Gasteiger partial charge in [-0.25, -0.2) is 9.97 Å². The molecule has 0 saturated heterocycles. The maximum Gasteiger partial charge on any atom is 0.322 e. The van der Waals surface area contributed by atoms with Crippen LogP contribution in [0.4, 0.5) is 11.6 Å². The molecule has 0 aliphatic rings. The van der Waals surface area contributed by atoms with Crippen LogP contribution < -0.4 is 10.6 Å². The lowest BCUT2D eigenvalue weighted by atomic mass is 10.4. The van der Waals surface area contributed by atoms with Crippen molar-refractivity contribution in [3.05, 3.63) is 36.0 Å². The Morgan fingerprint density at radius 1 is 1.32 bits per heavy atom. The standard InChI is InChI=1S/C12H14N4O3/c1-8-2-3-9(19-8)5-13-10-4-11(16-7-15-10)14-6-12(17)18/h2-4,7H,5-6H2,1H3,(H,17,18)(H2,13,14,15,16). The van der Waals surface area contributed by atoms with Crippen LogP contribution in [-0.4, -0.2) is 27.6 Å². The molecule has 7 nitrogen and oxygen atoms in total. The van der Waals surface area contributed by atoms with Gasteiger partial charge in [0.2, 0.25) is 0 Å². The molecule has 0 aliphatic heterocycles. The molecule has 0 aliphatic carbocycles. The molecule has 0 amide bonds. The SMILES string of the molecule is Cc1ccc(CNc2cc(NCC(=O)O)ncn2)o1. The van der Waals surface area contributed by atoms with Crippen molar-refractivity contribution < 1.29 is 14.3 Å². The van der Waals surface area contributed by atoms with Crippen molar-refractivity contribution in [1.82, 2.24) is 9.97 Å². The van der Waals surface area contributed by atoms with Gasteiger partial charge in [-0.2, -0.15) is 0 Å². The number of carboxylic acid groups (broad SMARTS) is 1. The second-order valence-corrected chi connectivity index (χ2v) is 3.90. The van der Waals surface area contributed by atoms with E-state index in [2.05, 4.69) is 20.6 Å². The Morgan fingerprint density at radius 2 is 2.05 bits per heavy atom. The van der Waals surface area contributed by atoms with Crippen molar-refractivity contribution in [2.24, 2.45) is 0 Å². The topological polar surface area (TPSA) is 100 Å². The molecule has 0 fully saturated rings. The Kier molecular flexibility index (Phi) is 3.97. The minimum atomic E-state index is -0.945. The largest absolute Gasteiger partial charge is 0.480 e. The van der Waals surface area contributed by atoms with Gasteiger partial charge < -0.3 is 20.2 Å². The molecule has 0 unspecified atom stereocenters. The second-order valence-electron chi connectivity index (χ2n) is 3.90. The molecule has 7 heteroatoms. The molecule has 2 rings (SSSR count). The predicted octanol–water partition coefficient (Wildman–Crippen LogP) is 1.49. The zero-order valence-electron chi connectivity index (χ0n) is 10.4. The van der Waals surface area contributed by atoms with E-state index in [4.69, 9.17) is 9.52 Å². The van der Waals surface area contributed by atoms with Crippen LogP contribution >= 0.6 is 0 Å². The first-order chi connectivity index (χ1) is 9.13. The minimum Gasteiger partial charge on any atom is -0.480 e. The maximum atomic E-state index is 10.4. The average molecular weight is 262 g/mol. The summed E-state index contributed by atoms with van der Waals surface area (Å²) >= 11 is 0. The summed E-state index contributed by atoms with van der Waals surface area (Å²) in [6.07, 6.45) is 1.36. The van der Waals surface area contributed by atoms with Crippen LogP contribution in [0.2, 0.25) is 0 Å². The first-order valence-corrected chi connectivity index (χ1v) is 5.70. The zero-order valence-corrected chi connectivity index (χ0v) is 10.4. The zero-order chi connectivity index (χ0) is 13.7. The summed E-state index contributed by atoms with van der Waals surface area (Å²) in [6, 6.07) is 5.41. The third-order valence-corrected chi connectivity index (χ3v) is 2.33. The normalized spacial score (nSPS) is 10.2. The van der Waals surface area contributed by atoms with Gasteiger partial charge in [0.1, 0.15) is 36.0 Å². The number of aryl methyl sites for hydroxylation is 1. The summed E-state index contributed by atoms with van der Waals surface area (Å²) in [4.78, 5) is 18.4. The molecule has 0 atom stereocenters. The number of hydrogen-bond donors (Lipinski definition) is 3. The summed E-state index contributed by atoms with van der Waals surface area (Å²) in [5.41, 5.74) is 0. The Morgan fingerprint density at radius 3 is 2.68 bits per heavy atom. The van der Waals surface area contributed by atoms with Crippen molar-refractivity contribution in [2.75, 3.05) is 17.2 Å². The number of carbonyl (C=O) groups is 1. The number of aromatic nitrogens is 2. The molecular formula is C12H14N4O3. The van der Waals surface area contributed by atoms with E-state index >= 15 is 0 Å². The Hall–Kier alpha value is -2.57. The van der Waals surface area contributed by atoms with E-state index in [9.17, 15) is 4.79 Å². The van der Waals surface area contributed by atoms with Gasteiger partial charge in [-0.1, -0.05) is 0 Å². The van der Waals surface area contributed by atoms with Crippen molar-refractivity contribution in [3.63, 3.8) is 0 Å². The molecule has 0 aromatic carbocycles. The van der Waals surface area contributed by atoms with Gasteiger partial charge in [-0.15, -0.1) is 0 Å². The highest BCUT2D eigenvalue weighted by Gasteiger charge is 2.02. The molecule has 100 valence electrons. The van der Waals surface area contributed by atoms with Gasteiger partial charge in [0.25, 0.3) is 0 Å². The van der Waals surface area contributed by atoms with Gasteiger partial charge >= 0.3 is 5.97 Å². The van der Waals surface area contributed by atoms with Gasteiger partial charge in [0, 0.05) is 6.07 Å². The highest BCUT2D eigenvalue weighted by Crippen LogP contribution is 2.11. The van der Waals surface area contributed by atoms with Crippen molar-refractivity contribution in [1.29, 1.82) is 0 Å². The number of nitrogens with zero attached hydrogens (tertiary/aromatic N) is 2. The fourth-order valence-electron chi connectivity index (χ4n) is 1.47. The molecule has 0 radical (unpaired) electrons. The highest BCUT2D eigenvalue weighted by atomic mass is 16.4. The van der Waals surface area contributed by atoms with Crippen LogP contribution in [0.15, 0.2) is 28.9 Å². The molecule has 0 spiro atoms. The van der Waals surface area contributed by atoms with E-state index in [1.165, 1.54) is 6.33 Å². The molecule has 19 heavy (non-hydrogen) atoms. The first kappa shape index (κ1) is 12.9. The minimum absolute atomic E-state index is 0.187. The van der Waals surface area contributed by atoms with Gasteiger partial charge in [-0.05, 0) is 19.1 Å². The smallest absolute Gasteiger partial charge is 0.322 e. The second kappa shape index (κ2) is 5.85. The van der Waals surface area contributed by atoms with E-state index in [0.29, 0.717) is 18.2 Å². The summed E-state index contributed by atoms with van der Waals surface area (Å²) < 4.78 is 5.42. The summed E-state index contributed by atoms with van der Waals surface area (Å²) in [7, 11) is 0. The van der Waals surface area contributed by atoms with Crippen LogP contribution in [0.3, 0.4) is 0 Å². The van der Waals surface area contributed by atoms with Crippen LogP contribution in [0.5, 0.6) is 0 Å². The monoisotopic (exact) mass is 262 g/mol. The molecular weight excluding hydrogens is 248 g/mol. The van der Waals surface area contributed by atoms with E-state index in [1.54, 1.807) is 6.07 Å². The quantitative estimate of drug-likeness (QED) is 0.725. The van der Waals surface area contributed by atoms with Crippen molar-refractivity contribution in [3.8, 4) is 0 Å². The van der Waals surface area contributed by atoms with Crippen molar-refractivity contribution >= 4 is 17.6 Å². The van der Waals surface area contributed by atoms with Crippen LogP contribution in [0.25, 0.3) is 0 Å². The lowest BCUT2D eigenvalue weighted by Gasteiger charge is -2.06. The van der Waals surface area contributed by atoms with Gasteiger partial charge in [0.15, 0.2) is 0 Å². The summed E-state index contributed by atoms with van der Waals surface area (Å²) in [6.45, 7) is 2.19. The van der Waals surface area contributed by atoms with Crippen LogP contribution in [0, 0.1) is 6.92 Å². The average Bonchev–Trinajstić information content (AvgIpc) is 2.80. The molecule has 3 N–H and O–H groups in total. The Balaban J connectivity index is 1.93. The van der Waals surface area contributed by atoms with Crippen molar-refractivity contribution in [2.45, 2.75) is 13.5 Å². The Labute approximate surface area is 109 Å². The first-order valence-electron chi connectivity index (χ1n) is 5.70. The van der Waals surface area contributed by atoms with E-state index in [-0.39, 0.29) is 6.54 Å². The number of hydrogen-bond acceptors (Lipinski definition) is 6. The van der Waals surface area contributed by atoms with E-state index in [1.807, 2.05) is 19.1 Å². The number of carboxylic acids is 1. The molecule has 2 heterocycles. The number of nitrogens with one attached hydrogen (secondary N) is 2. The third kappa shape index (κ3) is 3.98. The molecule has 2 aromatic heterocycles. The third-order valence-electron chi connectivity index (χ3n) is 2.33. The van der Waals surface area contributed by atoms with E-state index in [0.717, 1.165) is 11.5 Å². The lowest BCUT2D eigenvalue weighted by molar-refractivity contribution is -0.134. The number of aliphatic carboxylic acids is 1. The van der Waals surface area contributed by atoms with E-state index < -0.39 is 5.97 Å². The van der Waals surface area contributed by atoms with Gasteiger partial charge in [0.05, 0.1) is 6.54 Å². The van der Waals surface area contributed by atoms with Gasteiger partial charge in [-0.3, -0.25) is 4.79 Å². The van der Waals surface area contributed by atoms with Crippen LogP contribution in [-0.2, 0) is 11.3 Å². The number of rotatable bonds is 6. The fraction of sp³-hybridized carbons (Fsp3) is 0.250. The predicted molar refractivity (Wildman–Crippen MR) is 68.9 cm³/mol. The lowest BCUT2D eigenvalue weighted by Crippen LogP contribution is -2.13. The maximum absolute atomic E-state index is 10.4. The summed E-state index contributed by atoms with van der Waals surface area (Å²) in [5.74, 6) is 1.76. The number of furan rings is 1.